The maximum atomic E-state index is 13.3. The first-order valence-corrected chi connectivity index (χ1v) is 10.3. The molecule has 0 bridgehead atoms. The van der Waals surface area contributed by atoms with Crippen molar-refractivity contribution in [1.29, 1.82) is 0 Å². The minimum atomic E-state index is -0.171. The van der Waals surface area contributed by atoms with Crippen molar-refractivity contribution in [2.75, 3.05) is 18.7 Å². The van der Waals surface area contributed by atoms with Gasteiger partial charge in [0.15, 0.2) is 11.5 Å². The van der Waals surface area contributed by atoms with E-state index in [0.29, 0.717) is 29.4 Å². The average Bonchev–Trinajstić information content (AvgIpc) is 3.15. The molecule has 0 spiro atoms. The summed E-state index contributed by atoms with van der Waals surface area (Å²) < 4.78 is 11.2. The lowest BCUT2D eigenvalue weighted by atomic mass is 10.00. The van der Waals surface area contributed by atoms with E-state index in [-0.39, 0.29) is 5.91 Å². The molecule has 3 aromatic rings. The van der Waals surface area contributed by atoms with Crippen LogP contribution in [0.15, 0.2) is 89.5 Å². The highest BCUT2D eigenvalue weighted by Crippen LogP contribution is 2.31. The Labute approximate surface area is 182 Å². The summed E-state index contributed by atoms with van der Waals surface area (Å²) in [6, 6.07) is 24.8. The second kappa shape index (κ2) is 9.30. The van der Waals surface area contributed by atoms with Gasteiger partial charge in [0.05, 0.1) is 25.0 Å². The standard InChI is InChI=1S/C26H24N2O3/c1-3-16-31-23-15-14-19(18-24(23)30-2)17-22-25(20-10-6-4-7-11-20)27-28(26(22)29)21-12-8-5-9-13-21/h4-15,17-18H,3,16H2,1-2H3/b22-17-. The molecule has 3 aromatic carbocycles. The third-order valence-electron chi connectivity index (χ3n) is 4.89. The summed E-state index contributed by atoms with van der Waals surface area (Å²) >= 11 is 0. The zero-order chi connectivity index (χ0) is 21.6. The lowest BCUT2D eigenvalue weighted by molar-refractivity contribution is -0.114. The van der Waals surface area contributed by atoms with E-state index >= 15 is 0 Å². The van der Waals surface area contributed by atoms with Gasteiger partial charge in [-0.1, -0.05) is 61.5 Å². The molecular formula is C26H24N2O3. The predicted molar refractivity (Wildman–Crippen MR) is 124 cm³/mol. The smallest absolute Gasteiger partial charge is 0.281 e. The summed E-state index contributed by atoms with van der Waals surface area (Å²) in [6.07, 6.45) is 2.76. The highest BCUT2D eigenvalue weighted by Gasteiger charge is 2.32. The number of hydrogen-bond donors (Lipinski definition) is 0. The Morgan fingerprint density at radius 2 is 1.65 bits per heavy atom. The number of rotatable bonds is 7. The minimum absolute atomic E-state index is 0.171. The molecule has 5 nitrogen and oxygen atoms in total. The van der Waals surface area contributed by atoms with Gasteiger partial charge in [0.2, 0.25) is 0 Å². The second-order valence-electron chi connectivity index (χ2n) is 7.08. The quantitative estimate of drug-likeness (QED) is 0.494. The molecule has 1 aliphatic rings. The fourth-order valence-corrected chi connectivity index (χ4v) is 3.37. The normalized spacial score (nSPS) is 14.6. The van der Waals surface area contributed by atoms with E-state index in [1.807, 2.05) is 84.9 Å². The summed E-state index contributed by atoms with van der Waals surface area (Å²) in [5.74, 6) is 1.15. The maximum Gasteiger partial charge on any atom is 0.281 e. The van der Waals surface area contributed by atoms with Crippen molar-refractivity contribution in [3.05, 3.63) is 95.6 Å². The van der Waals surface area contributed by atoms with E-state index in [2.05, 4.69) is 12.0 Å². The van der Waals surface area contributed by atoms with Gasteiger partial charge in [-0.2, -0.15) is 10.1 Å². The van der Waals surface area contributed by atoms with Crippen molar-refractivity contribution >= 4 is 23.4 Å². The summed E-state index contributed by atoms with van der Waals surface area (Å²) in [6.45, 7) is 2.67. The van der Waals surface area contributed by atoms with Gasteiger partial charge in [-0.15, -0.1) is 0 Å². The molecule has 0 radical (unpaired) electrons. The van der Waals surface area contributed by atoms with Crippen LogP contribution in [0.25, 0.3) is 6.08 Å². The lowest BCUT2D eigenvalue weighted by Crippen LogP contribution is -2.21. The van der Waals surface area contributed by atoms with Crippen molar-refractivity contribution < 1.29 is 14.3 Å². The number of amides is 1. The molecule has 156 valence electrons. The van der Waals surface area contributed by atoms with Gasteiger partial charge in [0, 0.05) is 5.56 Å². The number of anilines is 1. The van der Waals surface area contributed by atoms with E-state index in [0.717, 1.165) is 23.2 Å². The van der Waals surface area contributed by atoms with Crippen molar-refractivity contribution in [1.82, 2.24) is 0 Å². The number of hydrogen-bond acceptors (Lipinski definition) is 4. The molecule has 0 atom stereocenters. The maximum absolute atomic E-state index is 13.3. The molecule has 31 heavy (non-hydrogen) atoms. The van der Waals surface area contributed by atoms with E-state index < -0.39 is 0 Å². The zero-order valence-electron chi connectivity index (χ0n) is 17.6. The fraction of sp³-hybridized carbons (Fsp3) is 0.154. The molecule has 0 fully saturated rings. The van der Waals surface area contributed by atoms with Crippen LogP contribution >= 0.6 is 0 Å². The van der Waals surface area contributed by atoms with Crippen LogP contribution in [-0.4, -0.2) is 25.3 Å². The van der Waals surface area contributed by atoms with E-state index in [1.165, 1.54) is 5.01 Å². The lowest BCUT2D eigenvalue weighted by Gasteiger charge is -2.12. The van der Waals surface area contributed by atoms with Crippen molar-refractivity contribution in [2.24, 2.45) is 5.10 Å². The van der Waals surface area contributed by atoms with Gasteiger partial charge in [-0.3, -0.25) is 4.79 Å². The summed E-state index contributed by atoms with van der Waals surface area (Å²) in [4.78, 5) is 13.3. The highest BCUT2D eigenvalue weighted by molar-refractivity contribution is 6.37. The Kier molecular flexibility index (Phi) is 6.13. The van der Waals surface area contributed by atoms with Gasteiger partial charge in [-0.25, -0.2) is 0 Å². The van der Waals surface area contributed by atoms with Crippen LogP contribution in [0.4, 0.5) is 5.69 Å². The van der Waals surface area contributed by atoms with Crippen LogP contribution in [-0.2, 0) is 4.79 Å². The van der Waals surface area contributed by atoms with E-state index in [4.69, 9.17) is 9.47 Å². The fourth-order valence-electron chi connectivity index (χ4n) is 3.37. The Bertz CT molecular complexity index is 1120. The summed E-state index contributed by atoms with van der Waals surface area (Å²) in [7, 11) is 1.61. The van der Waals surface area contributed by atoms with Gasteiger partial charge < -0.3 is 9.47 Å². The molecule has 4 rings (SSSR count). The molecule has 0 saturated heterocycles. The third-order valence-corrected chi connectivity index (χ3v) is 4.89. The molecular weight excluding hydrogens is 388 g/mol. The van der Waals surface area contributed by atoms with E-state index in [9.17, 15) is 4.79 Å². The monoisotopic (exact) mass is 412 g/mol. The number of hydrazone groups is 1. The summed E-state index contributed by atoms with van der Waals surface area (Å²) in [5.41, 5.74) is 3.61. The predicted octanol–water partition coefficient (Wildman–Crippen LogP) is 5.32. The molecule has 0 aromatic heterocycles. The second-order valence-corrected chi connectivity index (χ2v) is 7.08. The molecule has 0 N–H and O–H groups in total. The molecule has 0 aliphatic carbocycles. The third kappa shape index (κ3) is 4.36. The molecule has 1 amide bonds. The van der Waals surface area contributed by atoms with Gasteiger partial charge in [0.1, 0.15) is 5.71 Å². The minimum Gasteiger partial charge on any atom is -0.493 e. The topological polar surface area (TPSA) is 51.1 Å². The number of ether oxygens (including phenoxy) is 2. The van der Waals surface area contributed by atoms with Crippen LogP contribution in [0.5, 0.6) is 11.5 Å². The Hall–Kier alpha value is -3.86. The molecule has 1 aliphatic heterocycles. The van der Waals surface area contributed by atoms with Crippen LogP contribution in [0, 0.1) is 0 Å². The highest BCUT2D eigenvalue weighted by atomic mass is 16.5. The van der Waals surface area contributed by atoms with Crippen molar-refractivity contribution in [2.45, 2.75) is 13.3 Å². The van der Waals surface area contributed by atoms with Gasteiger partial charge >= 0.3 is 0 Å². The van der Waals surface area contributed by atoms with Crippen LogP contribution in [0.3, 0.4) is 0 Å². The number of carbonyl (C=O) groups is 1. The van der Waals surface area contributed by atoms with Crippen molar-refractivity contribution in [3.63, 3.8) is 0 Å². The molecule has 5 heteroatoms. The molecule has 1 heterocycles. The summed E-state index contributed by atoms with van der Waals surface area (Å²) in [5, 5.41) is 6.11. The number of para-hydroxylation sites is 1. The number of benzene rings is 3. The van der Waals surface area contributed by atoms with E-state index in [1.54, 1.807) is 7.11 Å². The first-order chi connectivity index (χ1) is 15.2. The average molecular weight is 412 g/mol. The Morgan fingerprint density at radius 3 is 2.32 bits per heavy atom. The van der Waals surface area contributed by atoms with Gasteiger partial charge in [-0.05, 0) is 42.3 Å². The first-order valence-electron chi connectivity index (χ1n) is 10.3. The first kappa shape index (κ1) is 20.4. The molecule has 0 unspecified atom stereocenters. The van der Waals surface area contributed by atoms with Crippen molar-refractivity contribution in [3.8, 4) is 11.5 Å². The van der Waals surface area contributed by atoms with Crippen LogP contribution in [0.2, 0.25) is 0 Å². The van der Waals surface area contributed by atoms with Gasteiger partial charge in [0.25, 0.3) is 5.91 Å². The molecule has 0 saturated carbocycles. The van der Waals surface area contributed by atoms with Crippen LogP contribution in [0.1, 0.15) is 24.5 Å². The SMILES string of the molecule is CCCOc1ccc(/C=C2\C(=O)N(c3ccccc3)N=C2c2ccccc2)cc1OC. The zero-order valence-corrected chi connectivity index (χ0v) is 17.6. The number of nitrogens with zero attached hydrogens (tertiary/aromatic N) is 2. The van der Waals surface area contributed by atoms with Crippen LogP contribution < -0.4 is 14.5 Å². The largest absolute Gasteiger partial charge is 0.493 e. The number of carbonyl (C=O) groups excluding carboxylic acids is 1. The Balaban J connectivity index is 1.76. The number of methoxy groups -OCH3 is 1. The Morgan fingerprint density at radius 1 is 0.935 bits per heavy atom.